The molecule has 6 heteroatoms. The summed E-state index contributed by atoms with van der Waals surface area (Å²) in [5, 5.41) is 0. The van der Waals surface area contributed by atoms with E-state index in [1.807, 2.05) is 6.07 Å². The number of carbonyl (C=O) groups is 2. The number of benzene rings is 2. The lowest BCUT2D eigenvalue weighted by molar-refractivity contribution is -0.118. The van der Waals surface area contributed by atoms with E-state index in [0.29, 0.717) is 36.3 Å². The van der Waals surface area contributed by atoms with Gasteiger partial charge in [0, 0.05) is 37.7 Å². The van der Waals surface area contributed by atoms with E-state index in [0.717, 1.165) is 11.1 Å². The molecule has 0 radical (unpaired) electrons. The maximum atomic E-state index is 14.5. The second kappa shape index (κ2) is 9.98. The third-order valence-electron chi connectivity index (χ3n) is 5.17. The average molecular weight is 420 g/mol. The van der Waals surface area contributed by atoms with Crippen molar-refractivity contribution in [1.29, 1.82) is 0 Å². The predicted molar refractivity (Wildman–Crippen MR) is 119 cm³/mol. The van der Waals surface area contributed by atoms with Gasteiger partial charge in [0.2, 0.25) is 11.8 Å². The Kier molecular flexibility index (Phi) is 7.13. The van der Waals surface area contributed by atoms with Crippen LogP contribution in [0.5, 0.6) is 5.88 Å². The Labute approximate surface area is 181 Å². The SMILES string of the molecule is CCC(=O)N(C)c1ccc(-c2ccc(C(=O)CCc3ccc(OC)nc3)cc2)cc1F. The largest absolute Gasteiger partial charge is 0.481 e. The molecule has 3 aromatic rings. The lowest BCUT2D eigenvalue weighted by Gasteiger charge is -2.17. The molecule has 5 nitrogen and oxygen atoms in total. The van der Waals surface area contributed by atoms with Crippen LogP contribution in [0.1, 0.15) is 35.7 Å². The number of amides is 1. The second-order valence-corrected chi connectivity index (χ2v) is 7.18. The zero-order valence-electron chi connectivity index (χ0n) is 17.9. The Morgan fingerprint density at radius 2 is 1.74 bits per heavy atom. The molecule has 0 saturated carbocycles. The van der Waals surface area contributed by atoms with E-state index in [4.69, 9.17) is 4.74 Å². The van der Waals surface area contributed by atoms with Gasteiger partial charge in [-0.15, -0.1) is 0 Å². The number of anilines is 1. The molecule has 1 amide bonds. The molecule has 0 fully saturated rings. The predicted octanol–water partition coefficient (Wildman–Crippen LogP) is 5.08. The molecule has 0 aliphatic heterocycles. The first-order valence-corrected chi connectivity index (χ1v) is 10.1. The fraction of sp³-hybridized carbons (Fsp3) is 0.240. The Hall–Kier alpha value is -3.54. The van der Waals surface area contributed by atoms with Crippen LogP contribution in [0.15, 0.2) is 60.8 Å². The molecule has 0 bridgehead atoms. The molecule has 0 unspecified atom stereocenters. The third kappa shape index (κ3) is 5.34. The molecule has 31 heavy (non-hydrogen) atoms. The Balaban J connectivity index is 1.67. The average Bonchev–Trinajstić information content (AvgIpc) is 2.81. The highest BCUT2D eigenvalue weighted by atomic mass is 19.1. The number of carbonyl (C=O) groups excluding carboxylic acids is 2. The number of ketones is 1. The fourth-order valence-corrected chi connectivity index (χ4v) is 3.26. The van der Waals surface area contributed by atoms with Crippen molar-refractivity contribution in [3.63, 3.8) is 0 Å². The minimum absolute atomic E-state index is 0.0311. The number of hydrogen-bond donors (Lipinski definition) is 0. The quantitative estimate of drug-likeness (QED) is 0.477. The van der Waals surface area contributed by atoms with Gasteiger partial charge in [-0.05, 0) is 35.2 Å². The Morgan fingerprint density at radius 1 is 1.03 bits per heavy atom. The fourth-order valence-electron chi connectivity index (χ4n) is 3.26. The van der Waals surface area contributed by atoms with Gasteiger partial charge in [-0.1, -0.05) is 43.3 Å². The lowest BCUT2D eigenvalue weighted by Crippen LogP contribution is -2.25. The topological polar surface area (TPSA) is 59.5 Å². The van der Waals surface area contributed by atoms with E-state index in [1.54, 1.807) is 69.7 Å². The molecule has 160 valence electrons. The van der Waals surface area contributed by atoms with Gasteiger partial charge in [0.15, 0.2) is 5.78 Å². The molecule has 2 aromatic carbocycles. The van der Waals surface area contributed by atoms with Crippen molar-refractivity contribution >= 4 is 17.4 Å². The Morgan fingerprint density at radius 3 is 2.32 bits per heavy atom. The molecular weight excluding hydrogens is 395 g/mol. The zero-order valence-corrected chi connectivity index (χ0v) is 17.9. The van der Waals surface area contributed by atoms with E-state index in [-0.39, 0.29) is 17.4 Å². The molecular formula is C25H25FN2O3. The number of nitrogens with zero attached hydrogens (tertiary/aromatic N) is 2. The number of aromatic nitrogens is 1. The molecule has 1 aromatic heterocycles. The van der Waals surface area contributed by atoms with E-state index in [2.05, 4.69) is 4.98 Å². The van der Waals surface area contributed by atoms with Crippen LogP contribution < -0.4 is 9.64 Å². The highest BCUT2D eigenvalue weighted by Gasteiger charge is 2.14. The second-order valence-electron chi connectivity index (χ2n) is 7.18. The normalized spacial score (nSPS) is 10.6. The van der Waals surface area contributed by atoms with Gasteiger partial charge in [-0.2, -0.15) is 0 Å². The third-order valence-corrected chi connectivity index (χ3v) is 5.17. The number of methoxy groups -OCH3 is 1. The van der Waals surface area contributed by atoms with Crippen LogP contribution in [-0.2, 0) is 11.2 Å². The van der Waals surface area contributed by atoms with Crippen molar-refractivity contribution in [3.05, 3.63) is 77.7 Å². The van der Waals surface area contributed by atoms with Gasteiger partial charge in [-0.3, -0.25) is 9.59 Å². The van der Waals surface area contributed by atoms with Crippen molar-refractivity contribution in [2.75, 3.05) is 19.1 Å². The van der Waals surface area contributed by atoms with Gasteiger partial charge in [0.1, 0.15) is 5.82 Å². The van der Waals surface area contributed by atoms with E-state index < -0.39 is 5.82 Å². The molecule has 0 N–H and O–H groups in total. The first-order valence-electron chi connectivity index (χ1n) is 10.1. The van der Waals surface area contributed by atoms with Crippen molar-refractivity contribution in [2.45, 2.75) is 26.2 Å². The Bertz CT molecular complexity index is 1060. The number of aryl methyl sites for hydroxylation is 1. The number of Topliss-reactive ketones (excluding diaryl/α,β-unsaturated/α-hetero) is 1. The van der Waals surface area contributed by atoms with Gasteiger partial charge in [-0.25, -0.2) is 9.37 Å². The summed E-state index contributed by atoms with van der Waals surface area (Å²) in [5.74, 6) is -0.0441. The summed E-state index contributed by atoms with van der Waals surface area (Å²) in [4.78, 5) is 29.8. The van der Waals surface area contributed by atoms with Gasteiger partial charge in [0.05, 0.1) is 12.8 Å². The van der Waals surface area contributed by atoms with Gasteiger partial charge >= 0.3 is 0 Å². The minimum Gasteiger partial charge on any atom is -0.481 e. The van der Waals surface area contributed by atoms with Crippen molar-refractivity contribution in [2.24, 2.45) is 0 Å². The maximum absolute atomic E-state index is 14.5. The number of ether oxygens (including phenoxy) is 1. The summed E-state index contributed by atoms with van der Waals surface area (Å²) in [6, 6.07) is 15.6. The standard InChI is InChI=1S/C25H25FN2O3/c1-4-25(30)28(2)22-12-11-20(15-21(22)26)18-7-9-19(10-8-18)23(29)13-5-17-6-14-24(31-3)27-16-17/h6-12,14-16H,4-5,13H2,1-3H3. The molecule has 0 atom stereocenters. The van der Waals surface area contributed by atoms with Crippen molar-refractivity contribution in [3.8, 4) is 17.0 Å². The molecule has 0 aliphatic rings. The molecule has 0 saturated heterocycles. The van der Waals surface area contributed by atoms with Gasteiger partial charge in [0.25, 0.3) is 0 Å². The summed E-state index contributed by atoms with van der Waals surface area (Å²) in [6.45, 7) is 1.74. The lowest BCUT2D eigenvalue weighted by atomic mass is 9.99. The van der Waals surface area contributed by atoms with Crippen LogP contribution in [0, 0.1) is 5.82 Å². The van der Waals surface area contributed by atoms with E-state index >= 15 is 0 Å². The minimum atomic E-state index is -0.463. The highest BCUT2D eigenvalue weighted by molar-refractivity contribution is 5.96. The first kappa shape index (κ1) is 22.2. The van der Waals surface area contributed by atoms with Crippen molar-refractivity contribution < 1.29 is 18.7 Å². The number of halogens is 1. The smallest absolute Gasteiger partial charge is 0.226 e. The van der Waals surface area contributed by atoms with E-state index in [9.17, 15) is 14.0 Å². The van der Waals surface area contributed by atoms with Crippen LogP contribution >= 0.6 is 0 Å². The highest BCUT2D eigenvalue weighted by Crippen LogP contribution is 2.27. The van der Waals surface area contributed by atoms with Crippen LogP contribution in [0.3, 0.4) is 0 Å². The summed E-state index contributed by atoms with van der Waals surface area (Å²) < 4.78 is 19.6. The van der Waals surface area contributed by atoms with Crippen molar-refractivity contribution in [1.82, 2.24) is 4.98 Å². The number of hydrogen-bond acceptors (Lipinski definition) is 4. The zero-order chi connectivity index (χ0) is 22.4. The van der Waals surface area contributed by atoms with Gasteiger partial charge < -0.3 is 9.64 Å². The monoisotopic (exact) mass is 420 g/mol. The van der Waals surface area contributed by atoms with E-state index in [1.165, 1.54) is 11.0 Å². The number of rotatable bonds is 8. The summed E-state index contributed by atoms with van der Waals surface area (Å²) in [7, 11) is 3.12. The summed E-state index contributed by atoms with van der Waals surface area (Å²) in [6.07, 6.45) is 2.98. The van der Waals surface area contributed by atoms with Crippen LogP contribution in [-0.4, -0.2) is 30.8 Å². The summed E-state index contributed by atoms with van der Waals surface area (Å²) in [5.41, 5.74) is 3.30. The number of pyridine rings is 1. The van der Waals surface area contributed by atoms with Crippen LogP contribution in [0.4, 0.5) is 10.1 Å². The maximum Gasteiger partial charge on any atom is 0.226 e. The molecule has 3 rings (SSSR count). The summed E-state index contributed by atoms with van der Waals surface area (Å²) >= 11 is 0. The first-order chi connectivity index (χ1) is 14.9. The van der Waals surface area contributed by atoms with Crippen LogP contribution in [0.25, 0.3) is 11.1 Å². The molecule has 1 heterocycles. The van der Waals surface area contributed by atoms with Crippen LogP contribution in [0.2, 0.25) is 0 Å². The molecule has 0 spiro atoms. The molecule has 0 aliphatic carbocycles.